The van der Waals surface area contributed by atoms with Gasteiger partial charge in [-0.2, -0.15) is 13.2 Å². The molecule has 1 aromatic heterocycles. The van der Waals surface area contributed by atoms with Crippen LogP contribution in [-0.2, 0) is 22.2 Å². The first-order valence-electron chi connectivity index (χ1n) is 7.21. The van der Waals surface area contributed by atoms with Crippen LogP contribution in [0.1, 0.15) is 17.7 Å². The molecule has 1 aromatic carbocycles. The molecule has 9 heteroatoms. The number of furan rings is 1. The number of carbonyl (C=O) groups excluding carboxylic acids is 2. The van der Waals surface area contributed by atoms with Crippen LogP contribution in [0.2, 0.25) is 5.02 Å². The van der Waals surface area contributed by atoms with Crippen LogP contribution < -0.4 is 10.6 Å². The summed E-state index contributed by atoms with van der Waals surface area (Å²) in [4.78, 5) is 23.4. The van der Waals surface area contributed by atoms with Gasteiger partial charge in [0.25, 0.3) is 0 Å². The normalized spacial score (nSPS) is 11.2. The molecule has 0 unspecified atom stereocenters. The van der Waals surface area contributed by atoms with Crippen LogP contribution in [-0.4, -0.2) is 18.4 Å². The Morgan fingerprint density at radius 3 is 2.56 bits per heavy atom. The smallest absolute Gasteiger partial charge is 0.417 e. The van der Waals surface area contributed by atoms with Gasteiger partial charge in [-0.05, 0) is 30.3 Å². The summed E-state index contributed by atoms with van der Waals surface area (Å²) in [6, 6.07) is 6.44. The lowest BCUT2D eigenvalue weighted by Crippen LogP contribution is -2.33. The number of hydrogen-bond acceptors (Lipinski definition) is 3. The zero-order valence-corrected chi connectivity index (χ0v) is 13.6. The Morgan fingerprint density at radius 2 is 1.92 bits per heavy atom. The highest BCUT2D eigenvalue weighted by Crippen LogP contribution is 2.36. The minimum atomic E-state index is -4.63. The van der Waals surface area contributed by atoms with Gasteiger partial charge in [0.1, 0.15) is 5.76 Å². The molecular weight excluding hydrogens is 361 g/mol. The Hall–Kier alpha value is -2.48. The van der Waals surface area contributed by atoms with Gasteiger partial charge < -0.3 is 15.1 Å². The van der Waals surface area contributed by atoms with Crippen LogP contribution >= 0.6 is 11.6 Å². The van der Waals surface area contributed by atoms with Gasteiger partial charge in [0.2, 0.25) is 11.8 Å². The van der Waals surface area contributed by atoms with Crippen LogP contribution in [0.3, 0.4) is 0 Å². The quantitative estimate of drug-likeness (QED) is 0.811. The first kappa shape index (κ1) is 18.9. The number of rotatable bonds is 6. The number of nitrogens with one attached hydrogen (secondary N) is 2. The van der Waals surface area contributed by atoms with E-state index in [1.807, 2.05) is 0 Å². The summed E-state index contributed by atoms with van der Waals surface area (Å²) >= 11 is 5.50. The highest BCUT2D eigenvalue weighted by atomic mass is 35.5. The van der Waals surface area contributed by atoms with Crippen molar-refractivity contribution >= 4 is 29.1 Å². The van der Waals surface area contributed by atoms with Crippen molar-refractivity contribution in [2.45, 2.75) is 19.0 Å². The minimum Gasteiger partial charge on any atom is -0.469 e. The maximum atomic E-state index is 12.8. The summed E-state index contributed by atoms with van der Waals surface area (Å²) in [7, 11) is 0. The first-order chi connectivity index (χ1) is 11.8. The van der Waals surface area contributed by atoms with Crippen molar-refractivity contribution < 1.29 is 27.2 Å². The SMILES string of the molecule is O=C(CCc1ccco1)NCC(=O)Nc1ccc(Cl)c(C(F)(F)F)c1. The average Bonchev–Trinajstić information content (AvgIpc) is 3.05. The molecule has 0 bridgehead atoms. The second-order valence-corrected chi connectivity index (χ2v) is 5.50. The molecule has 0 aliphatic carbocycles. The molecule has 0 fully saturated rings. The van der Waals surface area contributed by atoms with Crippen LogP contribution in [0.4, 0.5) is 18.9 Å². The number of benzene rings is 1. The van der Waals surface area contributed by atoms with E-state index in [0.717, 1.165) is 12.1 Å². The number of alkyl halides is 3. The Labute approximate surface area is 146 Å². The summed E-state index contributed by atoms with van der Waals surface area (Å²) in [5.41, 5.74) is -1.11. The number of anilines is 1. The van der Waals surface area contributed by atoms with Crippen LogP contribution in [0.5, 0.6) is 0 Å². The Morgan fingerprint density at radius 1 is 1.16 bits per heavy atom. The van der Waals surface area contributed by atoms with Gasteiger partial charge in [-0.1, -0.05) is 11.6 Å². The molecule has 0 spiro atoms. The molecule has 1 heterocycles. The zero-order chi connectivity index (χ0) is 18.4. The van der Waals surface area contributed by atoms with E-state index >= 15 is 0 Å². The third-order valence-electron chi connectivity index (χ3n) is 3.18. The predicted octanol–water partition coefficient (Wildman–Crippen LogP) is 3.64. The summed E-state index contributed by atoms with van der Waals surface area (Å²) in [6.07, 6.45) is -2.63. The summed E-state index contributed by atoms with van der Waals surface area (Å²) in [5, 5.41) is 4.19. The Bertz CT molecular complexity index is 746. The predicted molar refractivity (Wildman–Crippen MR) is 85.1 cm³/mol. The largest absolute Gasteiger partial charge is 0.469 e. The van der Waals surface area contributed by atoms with Gasteiger partial charge in [0.15, 0.2) is 0 Å². The lowest BCUT2D eigenvalue weighted by atomic mass is 10.2. The van der Waals surface area contributed by atoms with E-state index in [2.05, 4.69) is 10.6 Å². The zero-order valence-electron chi connectivity index (χ0n) is 12.8. The molecule has 2 rings (SSSR count). The lowest BCUT2D eigenvalue weighted by Gasteiger charge is -2.12. The van der Waals surface area contributed by atoms with Crippen molar-refractivity contribution in [3.63, 3.8) is 0 Å². The van der Waals surface area contributed by atoms with E-state index in [0.29, 0.717) is 12.2 Å². The second-order valence-electron chi connectivity index (χ2n) is 5.10. The topological polar surface area (TPSA) is 71.3 Å². The molecule has 2 amide bonds. The third kappa shape index (κ3) is 5.82. The number of carbonyl (C=O) groups is 2. The highest BCUT2D eigenvalue weighted by molar-refractivity contribution is 6.31. The Kier molecular flexibility index (Phi) is 6.08. The molecule has 5 nitrogen and oxygen atoms in total. The fourth-order valence-electron chi connectivity index (χ4n) is 1.98. The lowest BCUT2D eigenvalue weighted by molar-refractivity contribution is -0.137. The molecule has 0 aliphatic heterocycles. The number of halogens is 4. The first-order valence-corrected chi connectivity index (χ1v) is 7.59. The van der Waals surface area contributed by atoms with Gasteiger partial charge in [-0.25, -0.2) is 0 Å². The van der Waals surface area contributed by atoms with Crippen molar-refractivity contribution in [2.24, 2.45) is 0 Å². The summed E-state index contributed by atoms with van der Waals surface area (Å²) in [6.45, 7) is -0.360. The molecule has 0 saturated carbocycles. The van der Waals surface area contributed by atoms with E-state index in [1.54, 1.807) is 12.1 Å². The molecule has 0 atom stereocenters. The van der Waals surface area contributed by atoms with Gasteiger partial charge in [0, 0.05) is 18.5 Å². The highest BCUT2D eigenvalue weighted by Gasteiger charge is 2.33. The maximum absolute atomic E-state index is 12.8. The molecule has 134 valence electrons. The van der Waals surface area contributed by atoms with E-state index in [-0.39, 0.29) is 24.6 Å². The van der Waals surface area contributed by atoms with Crippen LogP contribution in [0, 0.1) is 0 Å². The van der Waals surface area contributed by atoms with E-state index < -0.39 is 22.7 Å². The van der Waals surface area contributed by atoms with Gasteiger partial charge in [-0.15, -0.1) is 0 Å². The summed E-state index contributed by atoms with van der Waals surface area (Å²) < 4.78 is 43.4. The van der Waals surface area contributed by atoms with E-state index in [4.69, 9.17) is 16.0 Å². The fraction of sp³-hybridized carbons (Fsp3) is 0.250. The maximum Gasteiger partial charge on any atom is 0.417 e. The van der Waals surface area contributed by atoms with Crippen molar-refractivity contribution in [3.8, 4) is 0 Å². The molecule has 25 heavy (non-hydrogen) atoms. The van der Waals surface area contributed by atoms with Crippen LogP contribution in [0.15, 0.2) is 41.0 Å². The summed E-state index contributed by atoms with van der Waals surface area (Å²) in [5.74, 6) is -0.388. The fourth-order valence-corrected chi connectivity index (χ4v) is 2.21. The standard InChI is InChI=1S/C16H14ClF3N2O3/c17-13-5-3-10(8-12(13)16(18,19)20)22-15(24)9-21-14(23)6-4-11-2-1-7-25-11/h1-3,5,7-8H,4,6,9H2,(H,21,23)(H,22,24). The molecule has 0 radical (unpaired) electrons. The van der Waals surface area contributed by atoms with Gasteiger partial charge in [0.05, 0.1) is 23.4 Å². The molecule has 2 aromatic rings. The van der Waals surface area contributed by atoms with Crippen molar-refractivity contribution in [1.29, 1.82) is 0 Å². The van der Waals surface area contributed by atoms with Gasteiger partial charge in [-0.3, -0.25) is 9.59 Å². The van der Waals surface area contributed by atoms with E-state index in [1.165, 1.54) is 12.3 Å². The monoisotopic (exact) mass is 374 g/mol. The average molecular weight is 375 g/mol. The second kappa shape index (κ2) is 8.06. The molecular formula is C16H14ClF3N2O3. The minimum absolute atomic E-state index is 0.0634. The molecule has 0 aliphatic rings. The van der Waals surface area contributed by atoms with Crippen molar-refractivity contribution in [1.82, 2.24) is 5.32 Å². The van der Waals surface area contributed by atoms with Crippen molar-refractivity contribution in [2.75, 3.05) is 11.9 Å². The number of hydrogen-bond donors (Lipinski definition) is 2. The number of aryl methyl sites for hydroxylation is 1. The van der Waals surface area contributed by atoms with Crippen molar-refractivity contribution in [3.05, 3.63) is 52.9 Å². The Balaban J connectivity index is 1.83. The number of amides is 2. The van der Waals surface area contributed by atoms with Crippen LogP contribution in [0.25, 0.3) is 0 Å². The van der Waals surface area contributed by atoms with E-state index in [9.17, 15) is 22.8 Å². The third-order valence-corrected chi connectivity index (χ3v) is 3.51. The molecule has 0 saturated heterocycles. The van der Waals surface area contributed by atoms with Gasteiger partial charge >= 0.3 is 6.18 Å². The molecule has 2 N–H and O–H groups in total.